The van der Waals surface area contributed by atoms with Crippen molar-refractivity contribution in [3.05, 3.63) is 41.4 Å². The van der Waals surface area contributed by atoms with Gasteiger partial charge in [0.05, 0.1) is 6.04 Å². The molecule has 1 atom stereocenters. The van der Waals surface area contributed by atoms with E-state index in [4.69, 9.17) is 5.73 Å². The number of amides is 1. The fourth-order valence-corrected chi connectivity index (χ4v) is 2.28. The summed E-state index contributed by atoms with van der Waals surface area (Å²) in [6.45, 7) is 2.14. The minimum atomic E-state index is -0.489. The number of carbonyl (C=O) groups is 1. The molecule has 2 rings (SSSR count). The van der Waals surface area contributed by atoms with Crippen LogP contribution in [-0.4, -0.2) is 16.9 Å². The van der Waals surface area contributed by atoms with Crippen LogP contribution in [0.5, 0.6) is 0 Å². The molecule has 0 saturated heterocycles. The molecule has 1 amide bonds. The quantitative estimate of drug-likeness (QED) is 0.881. The van der Waals surface area contributed by atoms with Gasteiger partial charge in [-0.25, -0.2) is 4.98 Å². The Hall–Kier alpha value is -1.72. The number of nitrogens with one attached hydrogen (secondary N) is 1. The molecule has 4 nitrogen and oxygen atoms in total. The fourth-order valence-electron chi connectivity index (χ4n) is 1.58. The molecule has 3 N–H and O–H groups in total. The SMILES string of the molecule is CC(N)C(=O)NCc1ccccc1-c1nccs1. The maximum Gasteiger partial charge on any atom is 0.236 e. The Morgan fingerprint density at radius 1 is 1.50 bits per heavy atom. The zero-order valence-corrected chi connectivity index (χ0v) is 10.9. The molecule has 0 radical (unpaired) electrons. The van der Waals surface area contributed by atoms with Crippen LogP contribution in [0.4, 0.5) is 0 Å². The van der Waals surface area contributed by atoms with Crippen LogP contribution in [0, 0.1) is 0 Å². The molecule has 94 valence electrons. The van der Waals surface area contributed by atoms with Crippen LogP contribution in [0.1, 0.15) is 12.5 Å². The summed E-state index contributed by atoms with van der Waals surface area (Å²) < 4.78 is 0. The molecule has 2 aromatic rings. The Balaban J connectivity index is 2.16. The molecule has 1 unspecified atom stereocenters. The number of nitrogens with zero attached hydrogens (tertiary/aromatic N) is 1. The maximum absolute atomic E-state index is 11.5. The van der Waals surface area contributed by atoms with Gasteiger partial charge in [-0.2, -0.15) is 0 Å². The van der Waals surface area contributed by atoms with Crippen LogP contribution in [0.15, 0.2) is 35.8 Å². The Morgan fingerprint density at radius 3 is 2.94 bits per heavy atom. The summed E-state index contributed by atoms with van der Waals surface area (Å²) in [6, 6.07) is 7.42. The van der Waals surface area contributed by atoms with Gasteiger partial charge in [0.15, 0.2) is 0 Å². The van der Waals surface area contributed by atoms with Crippen molar-refractivity contribution in [1.82, 2.24) is 10.3 Å². The number of rotatable bonds is 4. The molecule has 0 bridgehead atoms. The first-order chi connectivity index (χ1) is 8.68. The average Bonchev–Trinajstić information content (AvgIpc) is 2.89. The normalized spacial score (nSPS) is 12.1. The number of benzene rings is 1. The first-order valence-corrected chi connectivity index (χ1v) is 6.57. The minimum absolute atomic E-state index is 0.149. The summed E-state index contributed by atoms with van der Waals surface area (Å²) in [4.78, 5) is 15.8. The number of carbonyl (C=O) groups excluding carboxylic acids is 1. The predicted molar refractivity (Wildman–Crippen MR) is 73.0 cm³/mol. The van der Waals surface area contributed by atoms with E-state index in [0.717, 1.165) is 16.1 Å². The molecule has 18 heavy (non-hydrogen) atoms. The Bertz CT molecular complexity index is 523. The third-order valence-electron chi connectivity index (χ3n) is 2.55. The summed E-state index contributed by atoms with van der Waals surface area (Å²) in [7, 11) is 0. The van der Waals surface area contributed by atoms with E-state index in [1.165, 1.54) is 0 Å². The van der Waals surface area contributed by atoms with Gasteiger partial charge in [-0.3, -0.25) is 4.79 Å². The Morgan fingerprint density at radius 2 is 2.28 bits per heavy atom. The number of hydrogen-bond donors (Lipinski definition) is 2. The highest BCUT2D eigenvalue weighted by Crippen LogP contribution is 2.25. The lowest BCUT2D eigenvalue weighted by Gasteiger charge is -2.10. The Kier molecular flexibility index (Phi) is 4.07. The smallest absolute Gasteiger partial charge is 0.236 e. The van der Waals surface area contributed by atoms with E-state index in [2.05, 4.69) is 10.3 Å². The van der Waals surface area contributed by atoms with E-state index in [1.54, 1.807) is 24.5 Å². The van der Waals surface area contributed by atoms with Crippen molar-refractivity contribution >= 4 is 17.2 Å². The number of thiazole rings is 1. The fraction of sp³-hybridized carbons (Fsp3) is 0.231. The molecule has 0 aliphatic heterocycles. The molecule has 1 heterocycles. The maximum atomic E-state index is 11.5. The zero-order valence-electron chi connectivity index (χ0n) is 10.1. The summed E-state index contributed by atoms with van der Waals surface area (Å²) >= 11 is 1.58. The number of nitrogens with two attached hydrogens (primary N) is 1. The molecule has 0 fully saturated rings. The summed E-state index contributed by atoms with van der Waals surface area (Å²) in [5, 5.41) is 5.71. The second-order valence-corrected chi connectivity index (χ2v) is 4.90. The molecule has 0 spiro atoms. The molecular formula is C13H15N3OS. The van der Waals surface area contributed by atoms with E-state index >= 15 is 0 Å². The third kappa shape index (κ3) is 2.94. The van der Waals surface area contributed by atoms with Gasteiger partial charge in [0.25, 0.3) is 0 Å². The van der Waals surface area contributed by atoms with Crippen LogP contribution in [0.25, 0.3) is 10.6 Å². The second-order valence-electron chi connectivity index (χ2n) is 4.00. The largest absolute Gasteiger partial charge is 0.351 e. The van der Waals surface area contributed by atoms with Crippen molar-refractivity contribution in [2.75, 3.05) is 0 Å². The van der Waals surface area contributed by atoms with E-state index in [0.29, 0.717) is 6.54 Å². The van der Waals surface area contributed by atoms with Gasteiger partial charge in [-0.15, -0.1) is 11.3 Å². The highest BCUT2D eigenvalue weighted by Gasteiger charge is 2.10. The highest BCUT2D eigenvalue weighted by atomic mass is 32.1. The van der Waals surface area contributed by atoms with Crippen LogP contribution in [0.2, 0.25) is 0 Å². The molecule has 0 aliphatic carbocycles. The summed E-state index contributed by atoms with van der Waals surface area (Å²) in [5.74, 6) is -0.149. The van der Waals surface area contributed by atoms with Crippen LogP contribution >= 0.6 is 11.3 Å². The standard InChI is InChI=1S/C13H15N3OS/c1-9(14)12(17)16-8-10-4-2-3-5-11(10)13-15-6-7-18-13/h2-7,9H,8,14H2,1H3,(H,16,17). The molecule has 5 heteroatoms. The molecule has 0 saturated carbocycles. The van der Waals surface area contributed by atoms with Gasteiger partial charge in [0, 0.05) is 23.7 Å². The van der Waals surface area contributed by atoms with Gasteiger partial charge < -0.3 is 11.1 Å². The summed E-state index contributed by atoms with van der Waals surface area (Å²) in [6.07, 6.45) is 1.78. The lowest BCUT2D eigenvalue weighted by Crippen LogP contribution is -2.37. The van der Waals surface area contributed by atoms with Gasteiger partial charge in [0.1, 0.15) is 5.01 Å². The van der Waals surface area contributed by atoms with Crippen LogP contribution < -0.4 is 11.1 Å². The van der Waals surface area contributed by atoms with Gasteiger partial charge >= 0.3 is 0 Å². The van der Waals surface area contributed by atoms with Crippen LogP contribution in [-0.2, 0) is 11.3 Å². The zero-order chi connectivity index (χ0) is 13.0. The number of hydrogen-bond acceptors (Lipinski definition) is 4. The average molecular weight is 261 g/mol. The van der Waals surface area contributed by atoms with Crippen molar-refractivity contribution < 1.29 is 4.79 Å². The molecule has 1 aromatic carbocycles. The second kappa shape index (κ2) is 5.75. The monoisotopic (exact) mass is 261 g/mol. The van der Waals surface area contributed by atoms with Crippen molar-refractivity contribution in [2.45, 2.75) is 19.5 Å². The van der Waals surface area contributed by atoms with Gasteiger partial charge in [-0.1, -0.05) is 24.3 Å². The Labute approximate surface area is 110 Å². The van der Waals surface area contributed by atoms with E-state index in [-0.39, 0.29) is 5.91 Å². The lowest BCUT2D eigenvalue weighted by molar-refractivity contribution is -0.122. The minimum Gasteiger partial charge on any atom is -0.351 e. The highest BCUT2D eigenvalue weighted by molar-refractivity contribution is 7.13. The third-order valence-corrected chi connectivity index (χ3v) is 3.35. The molecule has 0 aliphatic rings. The van der Waals surface area contributed by atoms with E-state index < -0.39 is 6.04 Å². The van der Waals surface area contributed by atoms with Crippen molar-refractivity contribution in [1.29, 1.82) is 0 Å². The van der Waals surface area contributed by atoms with Crippen molar-refractivity contribution in [3.63, 3.8) is 0 Å². The molecular weight excluding hydrogens is 246 g/mol. The van der Waals surface area contributed by atoms with Gasteiger partial charge in [0.2, 0.25) is 5.91 Å². The van der Waals surface area contributed by atoms with E-state index in [1.807, 2.05) is 29.6 Å². The van der Waals surface area contributed by atoms with Gasteiger partial charge in [-0.05, 0) is 12.5 Å². The van der Waals surface area contributed by atoms with Crippen molar-refractivity contribution in [2.24, 2.45) is 5.73 Å². The molecule has 1 aromatic heterocycles. The van der Waals surface area contributed by atoms with Crippen LogP contribution in [0.3, 0.4) is 0 Å². The first-order valence-electron chi connectivity index (χ1n) is 5.69. The van der Waals surface area contributed by atoms with Crippen molar-refractivity contribution in [3.8, 4) is 10.6 Å². The lowest BCUT2D eigenvalue weighted by atomic mass is 10.1. The predicted octanol–water partition coefficient (Wildman–Crippen LogP) is 1.77. The first kappa shape index (κ1) is 12.7. The topological polar surface area (TPSA) is 68.0 Å². The number of aromatic nitrogens is 1. The van der Waals surface area contributed by atoms with E-state index in [9.17, 15) is 4.79 Å². The summed E-state index contributed by atoms with van der Waals surface area (Å²) in [5.41, 5.74) is 7.61.